The van der Waals surface area contributed by atoms with Crippen molar-refractivity contribution in [2.24, 2.45) is 0 Å². The third-order valence-corrected chi connectivity index (χ3v) is 3.95. The Morgan fingerprint density at radius 1 is 1.52 bits per heavy atom. The molecule has 112 valence electrons. The number of rotatable bonds is 4. The van der Waals surface area contributed by atoms with Gasteiger partial charge in [0.1, 0.15) is 0 Å². The molecule has 2 aromatic rings. The first-order valence-electron chi connectivity index (χ1n) is 6.59. The lowest BCUT2D eigenvalue weighted by molar-refractivity contribution is -0.134. The molecule has 1 aliphatic heterocycles. The predicted molar refractivity (Wildman–Crippen MR) is 73.3 cm³/mol. The summed E-state index contributed by atoms with van der Waals surface area (Å²) in [4.78, 5) is 24.7. The van der Waals surface area contributed by atoms with Crippen molar-refractivity contribution in [2.75, 3.05) is 19.7 Å². The normalized spacial score (nSPS) is 16.1. The van der Waals surface area contributed by atoms with Gasteiger partial charge in [-0.05, 0) is 24.4 Å². The molecular formula is C12H14N4O4S. The summed E-state index contributed by atoms with van der Waals surface area (Å²) in [6.45, 7) is 1.19. The van der Waals surface area contributed by atoms with E-state index in [1.165, 1.54) is 11.5 Å². The van der Waals surface area contributed by atoms with Crippen molar-refractivity contribution in [3.63, 3.8) is 0 Å². The highest BCUT2D eigenvalue weighted by molar-refractivity contribution is 7.03. The first-order chi connectivity index (χ1) is 10.2. The summed E-state index contributed by atoms with van der Waals surface area (Å²) in [5.74, 6) is 0.366. The van der Waals surface area contributed by atoms with Crippen LogP contribution in [0.25, 0.3) is 0 Å². The molecule has 0 saturated carbocycles. The number of piperidine rings is 1. The Morgan fingerprint density at radius 3 is 2.95 bits per heavy atom. The van der Waals surface area contributed by atoms with E-state index in [-0.39, 0.29) is 18.4 Å². The number of carbonyl (C=O) groups excluding carboxylic acids is 1. The lowest BCUT2D eigenvalue weighted by Gasteiger charge is -2.30. The summed E-state index contributed by atoms with van der Waals surface area (Å²) in [6.07, 6.45) is 1.44. The Balaban J connectivity index is 1.48. The van der Waals surface area contributed by atoms with Crippen LogP contribution in [-0.2, 0) is 4.79 Å². The van der Waals surface area contributed by atoms with Gasteiger partial charge in [-0.2, -0.15) is 4.37 Å². The third-order valence-electron chi connectivity index (χ3n) is 3.41. The summed E-state index contributed by atoms with van der Waals surface area (Å²) in [5.41, 5.74) is 0. The second-order valence-corrected chi connectivity index (χ2v) is 5.40. The number of aromatic amines is 1. The van der Waals surface area contributed by atoms with Crippen LogP contribution in [0.15, 0.2) is 20.7 Å². The molecular weight excluding hydrogens is 296 g/mol. The fourth-order valence-corrected chi connectivity index (χ4v) is 2.75. The molecule has 21 heavy (non-hydrogen) atoms. The minimum atomic E-state index is -0.542. The van der Waals surface area contributed by atoms with E-state index in [2.05, 4.69) is 14.6 Å². The fourth-order valence-electron chi connectivity index (χ4n) is 2.29. The van der Waals surface area contributed by atoms with Gasteiger partial charge in [0.05, 0.1) is 0 Å². The SMILES string of the molecule is O=C(COc1ccsn1)N1CCC(c2n[nH]c(=O)o2)CC1. The minimum absolute atomic E-state index is 0.00805. The number of hydrogen-bond donors (Lipinski definition) is 1. The van der Waals surface area contributed by atoms with Crippen LogP contribution >= 0.6 is 11.5 Å². The highest BCUT2D eigenvalue weighted by Gasteiger charge is 2.27. The zero-order valence-electron chi connectivity index (χ0n) is 11.2. The van der Waals surface area contributed by atoms with Gasteiger partial charge in [0.25, 0.3) is 5.91 Å². The topological polar surface area (TPSA) is 101 Å². The van der Waals surface area contributed by atoms with Gasteiger partial charge in [0.2, 0.25) is 11.8 Å². The molecule has 8 nitrogen and oxygen atoms in total. The van der Waals surface area contributed by atoms with Crippen molar-refractivity contribution < 1.29 is 13.9 Å². The summed E-state index contributed by atoms with van der Waals surface area (Å²) in [6, 6.07) is 1.73. The van der Waals surface area contributed by atoms with Crippen molar-refractivity contribution >= 4 is 17.4 Å². The van der Waals surface area contributed by atoms with Crippen LogP contribution in [0.4, 0.5) is 0 Å². The first kappa shape index (κ1) is 13.8. The van der Waals surface area contributed by atoms with E-state index in [4.69, 9.17) is 9.15 Å². The maximum atomic E-state index is 12.0. The summed E-state index contributed by atoms with van der Waals surface area (Å²) >= 11 is 1.28. The molecule has 0 unspecified atom stereocenters. The molecule has 3 rings (SSSR count). The van der Waals surface area contributed by atoms with Gasteiger partial charge in [-0.3, -0.25) is 4.79 Å². The Hall–Kier alpha value is -2.16. The van der Waals surface area contributed by atoms with E-state index in [9.17, 15) is 9.59 Å². The van der Waals surface area contributed by atoms with Crippen LogP contribution in [0.5, 0.6) is 5.88 Å². The van der Waals surface area contributed by atoms with Gasteiger partial charge in [-0.1, -0.05) is 0 Å². The number of aromatic nitrogens is 3. The van der Waals surface area contributed by atoms with Crippen LogP contribution in [-0.4, -0.2) is 45.1 Å². The molecule has 0 atom stereocenters. The quantitative estimate of drug-likeness (QED) is 0.887. The monoisotopic (exact) mass is 310 g/mol. The number of likely N-dealkylation sites (tertiary alicyclic amines) is 1. The molecule has 1 N–H and O–H groups in total. The average molecular weight is 310 g/mol. The number of hydrogen-bond acceptors (Lipinski definition) is 7. The van der Waals surface area contributed by atoms with Crippen molar-refractivity contribution in [2.45, 2.75) is 18.8 Å². The number of ether oxygens (including phenoxy) is 1. The maximum Gasteiger partial charge on any atom is 0.434 e. The summed E-state index contributed by atoms with van der Waals surface area (Å²) in [5, 5.41) is 7.89. The standard InChI is InChI=1S/C12H14N4O4S/c17-10(7-19-9-3-6-21-15-9)16-4-1-8(2-5-16)11-13-14-12(18)20-11/h3,6,8H,1-2,4-5,7H2,(H,14,18). The number of amides is 1. The molecule has 3 heterocycles. The Bertz CT molecular complexity index is 642. The van der Waals surface area contributed by atoms with E-state index in [1.54, 1.807) is 16.3 Å². The molecule has 0 aromatic carbocycles. The smallest absolute Gasteiger partial charge is 0.434 e. The molecule has 1 saturated heterocycles. The minimum Gasteiger partial charge on any atom is -0.467 e. The molecule has 0 bridgehead atoms. The van der Waals surface area contributed by atoms with Crippen molar-refractivity contribution in [3.05, 3.63) is 27.9 Å². The molecule has 1 aliphatic rings. The van der Waals surface area contributed by atoms with E-state index in [0.29, 0.717) is 24.9 Å². The Kier molecular flexibility index (Phi) is 4.00. The summed E-state index contributed by atoms with van der Waals surface area (Å²) in [7, 11) is 0. The average Bonchev–Trinajstić information content (AvgIpc) is 3.16. The number of carbonyl (C=O) groups is 1. The van der Waals surface area contributed by atoms with Crippen molar-refractivity contribution in [1.29, 1.82) is 0 Å². The first-order valence-corrected chi connectivity index (χ1v) is 7.42. The lowest BCUT2D eigenvalue weighted by atomic mass is 9.97. The van der Waals surface area contributed by atoms with Gasteiger partial charge in [0.15, 0.2) is 6.61 Å². The zero-order valence-corrected chi connectivity index (χ0v) is 12.0. The van der Waals surface area contributed by atoms with Gasteiger partial charge in [-0.15, -0.1) is 5.10 Å². The molecule has 0 radical (unpaired) electrons. The van der Waals surface area contributed by atoms with Gasteiger partial charge in [0, 0.05) is 30.5 Å². The predicted octanol–water partition coefficient (Wildman–Crippen LogP) is 0.604. The second-order valence-electron chi connectivity index (χ2n) is 4.73. The maximum absolute atomic E-state index is 12.0. The molecule has 0 spiro atoms. The second kappa shape index (κ2) is 6.08. The molecule has 0 aliphatic carbocycles. The van der Waals surface area contributed by atoms with Crippen molar-refractivity contribution in [3.8, 4) is 5.88 Å². The van der Waals surface area contributed by atoms with Gasteiger partial charge in [-0.25, -0.2) is 9.89 Å². The van der Waals surface area contributed by atoms with Crippen molar-refractivity contribution in [1.82, 2.24) is 19.5 Å². The highest BCUT2D eigenvalue weighted by Crippen LogP contribution is 2.25. The number of nitrogens with zero attached hydrogens (tertiary/aromatic N) is 3. The zero-order chi connectivity index (χ0) is 14.7. The van der Waals surface area contributed by atoms with Gasteiger partial charge < -0.3 is 14.1 Å². The van der Waals surface area contributed by atoms with Crippen LogP contribution in [0, 0.1) is 0 Å². The molecule has 2 aromatic heterocycles. The van der Waals surface area contributed by atoms with E-state index >= 15 is 0 Å². The van der Waals surface area contributed by atoms with E-state index in [0.717, 1.165) is 12.8 Å². The number of nitrogens with one attached hydrogen (secondary N) is 1. The Labute approximate surface area is 123 Å². The summed E-state index contributed by atoms with van der Waals surface area (Å²) < 4.78 is 14.2. The van der Waals surface area contributed by atoms with Crippen LogP contribution in [0.2, 0.25) is 0 Å². The largest absolute Gasteiger partial charge is 0.467 e. The Morgan fingerprint density at radius 2 is 2.33 bits per heavy atom. The van der Waals surface area contributed by atoms with Crippen LogP contribution in [0.1, 0.15) is 24.7 Å². The molecule has 1 fully saturated rings. The van der Waals surface area contributed by atoms with E-state index in [1.807, 2.05) is 0 Å². The molecule has 1 amide bonds. The van der Waals surface area contributed by atoms with Crippen LogP contribution < -0.4 is 10.5 Å². The highest BCUT2D eigenvalue weighted by atomic mass is 32.1. The fraction of sp³-hybridized carbons (Fsp3) is 0.500. The van der Waals surface area contributed by atoms with E-state index < -0.39 is 5.76 Å². The van der Waals surface area contributed by atoms with Crippen LogP contribution in [0.3, 0.4) is 0 Å². The lowest BCUT2D eigenvalue weighted by Crippen LogP contribution is -2.40. The molecule has 9 heteroatoms. The van der Waals surface area contributed by atoms with Gasteiger partial charge >= 0.3 is 5.76 Å². The third kappa shape index (κ3) is 3.30. The number of H-pyrrole nitrogens is 1.